The molecule has 2 atom stereocenters. The highest BCUT2D eigenvalue weighted by Crippen LogP contribution is 2.32. The van der Waals surface area contributed by atoms with E-state index in [0.717, 1.165) is 18.8 Å². The largest absolute Gasteiger partial charge is 0.493 e. The molecule has 0 aromatic heterocycles. The summed E-state index contributed by atoms with van der Waals surface area (Å²) >= 11 is 0. The first-order chi connectivity index (χ1) is 8.22. The number of fused-ring (bicyclic) bond motifs is 1. The van der Waals surface area contributed by atoms with E-state index in [1.54, 1.807) is 0 Å². The fraction of sp³-hybridized carbons (Fsp3) is 0.571. The minimum Gasteiger partial charge on any atom is -0.493 e. The van der Waals surface area contributed by atoms with Gasteiger partial charge < -0.3 is 15.2 Å². The highest BCUT2D eigenvalue weighted by molar-refractivity contribution is 5.37. The number of nitrogens with one attached hydrogen (secondary N) is 1. The molecule has 0 amide bonds. The van der Waals surface area contributed by atoms with Gasteiger partial charge in [-0.25, -0.2) is 0 Å². The Bertz CT molecular complexity index is 365. The summed E-state index contributed by atoms with van der Waals surface area (Å²) in [5.41, 5.74) is 1.21. The van der Waals surface area contributed by atoms with Crippen LogP contribution in [0.1, 0.15) is 31.9 Å². The standard InChI is InChI=1S/C14H21NO2/c1-10(2)13(9-16)15-12-7-8-17-14-6-4-3-5-11(12)14/h3-6,10,12-13,15-16H,7-9H2,1-2H3/t12?,13-/m1/s1. The molecule has 1 unspecified atom stereocenters. The monoisotopic (exact) mass is 235 g/mol. The zero-order valence-electron chi connectivity index (χ0n) is 10.5. The van der Waals surface area contributed by atoms with Crippen molar-refractivity contribution in [2.45, 2.75) is 32.4 Å². The number of ether oxygens (including phenoxy) is 1. The first-order valence-electron chi connectivity index (χ1n) is 6.31. The van der Waals surface area contributed by atoms with Crippen molar-refractivity contribution in [3.63, 3.8) is 0 Å². The molecule has 94 valence electrons. The van der Waals surface area contributed by atoms with Gasteiger partial charge in [-0.2, -0.15) is 0 Å². The lowest BCUT2D eigenvalue weighted by molar-refractivity contribution is 0.179. The molecule has 0 fully saturated rings. The van der Waals surface area contributed by atoms with Crippen molar-refractivity contribution in [1.29, 1.82) is 0 Å². The molecule has 0 bridgehead atoms. The summed E-state index contributed by atoms with van der Waals surface area (Å²) in [5, 5.41) is 12.9. The van der Waals surface area contributed by atoms with Gasteiger partial charge in [-0.1, -0.05) is 32.0 Å². The third kappa shape index (κ3) is 2.79. The molecule has 1 heterocycles. The minimum absolute atomic E-state index is 0.145. The van der Waals surface area contributed by atoms with E-state index in [4.69, 9.17) is 4.74 Å². The zero-order valence-corrected chi connectivity index (χ0v) is 10.5. The topological polar surface area (TPSA) is 41.5 Å². The van der Waals surface area contributed by atoms with Gasteiger partial charge >= 0.3 is 0 Å². The molecule has 0 spiro atoms. The van der Waals surface area contributed by atoms with E-state index in [1.807, 2.05) is 18.2 Å². The Hall–Kier alpha value is -1.06. The van der Waals surface area contributed by atoms with Crippen LogP contribution in [-0.2, 0) is 0 Å². The van der Waals surface area contributed by atoms with Gasteiger partial charge in [0.05, 0.1) is 13.2 Å². The highest BCUT2D eigenvalue weighted by Gasteiger charge is 2.24. The predicted molar refractivity (Wildman–Crippen MR) is 68.1 cm³/mol. The number of para-hydroxylation sites is 1. The number of rotatable bonds is 4. The molecule has 0 radical (unpaired) electrons. The summed E-state index contributed by atoms with van der Waals surface area (Å²) in [5.74, 6) is 1.40. The van der Waals surface area contributed by atoms with E-state index in [0.29, 0.717) is 12.0 Å². The lowest BCUT2D eigenvalue weighted by Gasteiger charge is -2.31. The number of benzene rings is 1. The molecule has 2 rings (SSSR count). The average molecular weight is 235 g/mol. The van der Waals surface area contributed by atoms with Crippen molar-refractivity contribution < 1.29 is 9.84 Å². The van der Waals surface area contributed by atoms with E-state index in [1.165, 1.54) is 5.56 Å². The Morgan fingerprint density at radius 3 is 2.88 bits per heavy atom. The van der Waals surface area contributed by atoms with Crippen molar-refractivity contribution in [3.8, 4) is 5.75 Å². The van der Waals surface area contributed by atoms with E-state index in [9.17, 15) is 5.11 Å². The molecular formula is C14H21NO2. The van der Waals surface area contributed by atoms with Gasteiger partial charge in [0, 0.05) is 24.1 Å². The van der Waals surface area contributed by atoms with Gasteiger partial charge in [-0.3, -0.25) is 0 Å². The molecule has 2 N–H and O–H groups in total. The number of aliphatic hydroxyl groups excluding tert-OH is 1. The first kappa shape index (κ1) is 12.4. The highest BCUT2D eigenvalue weighted by atomic mass is 16.5. The Morgan fingerprint density at radius 1 is 1.41 bits per heavy atom. The predicted octanol–water partition coefficient (Wildman–Crippen LogP) is 2.12. The Labute approximate surface area is 103 Å². The van der Waals surface area contributed by atoms with Crippen molar-refractivity contribution in [2.24, 2.45) is 5.92 Å². The third-order valence-electron chi connectivity index (χ3n) is 3.38. The second kappa shape index (κ2) is 5.52. The molecule has 0 saturated carbocycles. The van der Waals surface area contributed by atoms with Crippen LogP contribution in [0, 0.1) is 5.92 Å². The summed E-state index contributed by atoms with van der Waals surface area (Å²) in [6.07, 6.45) is 0.959. The summed E-state index contributed by atoms with van der Waals surface area (Å²) in [7, 11) is 0. The van der Waals surface area contributed by atoms with Crippen LogP contribution in [0.4, 0.5) is 0 Å². The van der Waals surface area contributed by atoms with Crippen molar-refractivity contribution in [3.05, 3.63) is 29.8 Å². The summed E-state index contributed by atoms with van der Waals surface area (Å²) in [6, 6.07) is 8.57. The van der Waals surface area contributed by atoms with Gasteiger partial charge in [0.25, 0.3) is 0 Å². The molecule has 1 aromatic rings. The lowest BCUT2D eigenvalue weighted by atomic mass is 9.97. The van der Waals surface area contributed by atoms with Gasteiger partial charge in [0.1, 0.15) is 5.75 Å². The summed E-state index contributed by atoms with van der Waals surface area (Å²) < 4.78 is 5.63. The number of hydrogen-bond donors (Lipinski definition) is 2. The van der Waals surface area contributed by atoms with Gasteiger partial charge in [0.15, 0.2) is 0 Å². The Morgan fingerprint density at radius 2 is 2.18 bits per heavy atom. The molecular weight excluding hydrogens is 214 g/mol. The lowest BCUT2D eigenvalue weighted by Crippen LogP contribution is -2.41. The van der Waals surface area contributed by atoms with Crippen LogP contribution in [0.5, 0.6) is 5.75 Å². The Kier molecular flexibility index (Phi) is 4.02. The molecule has 0 aliphatic carbocycles. The molecule has 1 aromatic carbocycles. The van der Waals surface area contributed by atoms with Crippen molar-refractivity contribution in [1.82, 2.24) is 5.32 Å². The van der Waals surface area contributed by atoms with E-state index >= 15 is 0 Å². The minimum atomic E-state index is 0.145. The van der Waals surface area contributed by atoms with Crippen LogP contribution in [0.3, 0.4) is 0 Å². The third-order valence-corrected chi connectivity index (χ3v) is 3.38. The molecule has 0 saturated heterocycles. The summed E-state index contributed by atoms with van der Waals surface area (Å²) in [6.45, 7) is 5.17. The maximum atomic E-state index is 9.38. The fourth-order valence-electron chi connectivity index (χ4n) is 2.23. The number of hydrogen-bond acceptors (Lipinski definition) is 3. The second-order valence-electron chi connectivity index (χ2n) is 4.93. The van der Waals surface area contributed by atoms with Gasteiger partial charge in [0.2, 0.25) is 0 Å². The molecule has 1 aliphatic heterocycles. The fourth-order valence-corrected chi connectivity index (χ4v) is 2.23. The van der Waals surface area contributed by atoms with Crippen LogP contribution >= 0.6 is 0 Å². The smallest absolute Gasteiger partial charge is 0.124 e. The van der Waals surface area contributed by atoms with Crippen LogP contribution in [-0.4, -0.2) is 24.4 Å². The molecule has 1 aliphatic rings. The molecule has 17 heavy (non-hydrogen) atoms. The van der Waals surface area contributed by atoms with Crippen molar-refractivity contribution in [2.75, 3.05) is 13.2 Å². The van der Waals surface area contributed by atoms with Crippen LogP contribution < -0.4 is 10.1 Å². The van der Waals surface area contributed by atoms with Gasteiger partial charge in [-0.05, 0) is 12.0 Å². The van der Waals surface area contributed by atoms with Gasteiger partial charge in [-0.15, -0.1) is 0 Å². The normalized spacial score (nSPS) is 20.8. The van der Waals surface area contributed by atoms with Crippen molar-refractivity contribution >= 4 is 0 Å². The zero-order chi connectivity index (χ0) is 12.3. The number of aliphatic hydroxyl groups is 1. The average Bonchev–Trinajstić information content (AvgIpc) is 2.35. The maximum absolute atomic E-state index is 9.38. The van der Waals surface area contributed by atoms with E-state index in [-0.39, 0.29) is 12.6 Å². The quantitative estimate of drug-likeness (QED) is 0.840. The SMILES string of the molecule is CC(C)[C@@H](CO)NC1CCOc2ccccc21. The molecule has 3 heteroatoms. The van der Waals surface area contributed by atoms with Crippen LogP contribution in [0.2, 0.25) is 0 Å². The van der Waals surface area contributed by atoms with E-state index < -0.39 is 0 Å². The van der Waals surface area contributed by atoms with Crippen LogP contribution in [0.25, 0.3) is 0 Å². The first-order valence-corrected chi connectivity index (χ1v) is 6.31. The van der Waals surface area contributed by atoms with Crippen LogP contribution in [0.15, 0.2) is 24.3 Å². The maximum Gasteiger partial charge on any atom is 0.124 e. The Balaban J connectivity index is 2.13. The van der Waals surface area contributed by atoms with E-state index in [2.05, 4.69) is 25.2 Å². The summed E-state index contributed by atoms with van der Waals surface area (Å²) in [4.78, 5) is 0. The second-order valence-corrected chi connectivity index (χ2v) is 4.93. The molecule has 3 nitrogen and oxygen atoms in total.